The Kier molecular flexibility index (Phi) is 10.1. The van der Waals surface area contributed by atoms with E-state index in [0.29, 0.717) is 31.2 Å². The maximum atomic E-state index is 13.2. The number of aromatic nitrogens is 1. The van der Waals surface area contributed by atoms with Crippen molar-refractivity contribution in [2.45, 2.75) is 58.4 Å². The van der Waals surface area contributed by atoms with Crippen LogP contribution in [0.4, 0.5) is 0 Å². The predicted octanol–water partition coefficient (Wildman–Crippen LogP) is 2.79. The molecule has 7 heteroatoms. The lowest BCUT2D eigenvalue weighted by Crippen LogP contribution is -2.58. The van der Waals surface area contributed by atoms with Crippen LogP contribution in [0.3, 0.4) is 0 Å². The first-order valence-corrected chi connectivity index (χ1v) is 10.8. The Morgan fingerprint density at radius 1 is 1.21 bits per heavy atom. The van der Waals surface area contributed by atoms with Crippen LogP contribution in [0.25, 0.3) is 0 Å². The fraction of sp³-hybridized carbons (Fsp3) is 0.682. The normalized spacial score (nSPS) is 16.0. The number of carbonyl (C=O) groups excluding carboxylic acids is 2. The molecule has 1 aliphatic rings. The van der Waals surface area contributed by atoms with Gasteiger partial charge in [0, 0.05) is 38.2 Å². The van der Waals surface area contributed by atoms with Crippen molar-refractivity contribution in [1.29, 1.82) is 0 Å². The number of pyridine rings is 1. The molecule has 1 fully saturated rings. The zero-order chi connectivity index (χ0) is 21.1. The molecule has 29 heavy (non-hydrogen) atoms. The summed E-state index contributed by atoms with van der Waals surface area (Å²) < 4.78 is 5.08. The number of hydrogen-bond donors (Lipinski definition) is 2. The number of carbonyl (C=O) groups is 2. The van der Waals surface area contributed by atoms with E-state index < -0.39 is 0 Å². The molecule has 1 atom stereocenters. The molecule has 0 unspecified atom stereocenters. The van der Waals surface area contributed by atoms with Gasteiger partial charge in [0.05, 0.1) is 6.61 Å². The first kappa shape index (κ1) is 23.3. The maximum absolute atomic E-state index is 13.2. The summed E-state index contributed by atoms with van der Waals surface area (Å²) in [6, 6.07) is 2.99. The second-order valence-electron chi connectivity index (χ2n) is 8.18. The Balaban J connectivity index is 2.20. The monoisotopic (exact) mass is 404 g/mol. The van der Waals surface area contributed by atoms with Crippen LogP contribution in [0.5, 0.6) is 0 Å². The molecule has 7 nitrogen and oxygen atoms in total. The first-order chi connectivity index (χ1) is 14.0. The van der Waals surface area contributed by atoms with Gasteiger partial charge in [0.15, 0.2) is 0 Å². The van der Waals surface area contributed by atoms with Gasteiger partial charge in [-0.3, -0.25) is 20.0 Å². The molecule has 0 aromatic carbocycles. The van der Waals surface area contributed by atoms with E-state index >= 15 is 0 Å². The number of amides is 2. The summed E-state index contributed by atoms with van der Waals surface area (Å²) >= 11 is 0. The summed E-state index contributed by atoms with van der Waals surface area (Å²) in [4.78, 5) is 30.0. The van der Waals surface area contributed by atoms with Gasteiger partial charge in [-0.2, -0.15) is 0 Å². The molecule has 2 amide bonds. The van der Waals surface area contributed by atoms with E-state index in [0.717, 1.165) is 32.1 Å². The van der Waals surface area contributed by atoms with E-state index in [9.17, 15) is 9.59 Å². The highest BCUT2D eigenvalue weighted by molar-refractivity contribution is 5.94. The number of nitrogens with zero attached hydrogens (tertiary/aromatic N) is 2. The van der Waals surface area contributed by atoms with Gasteiger partial charge in [-0.1, -0.05) is 33.1 Å². The lowest BCUT2D eigenvalue weighted by Gasteiger charge is -2.38. The van der Waals surface area contributed by atoms with E-state index in [1.54, 1.807) is 31.6 Å². The van der Waals surface area contributed by atoms with Gasteiger partial charge >= 0.3 is 0 Å². The molecule has 162 valence electrons. The first-order valence-electron chi connectivity index (χ1n) is 10.8. The van der Waals surface area contributed by atoms with E-state index in [1.165, 1.54) is 6.42 Å². The van der Waals surface area contributed by atoms with Crippen LogP contribution in [0.15, 0.2) is 24.5 Å². The summed E-state index contributed by atoms with van der Waals surface area (Å²) in [5.41, 5.74) is 3.57. The zero-order valence-corrected chi connectivity index (χ0v) is 18.0. The third-order valence-electron chi connectivity index (χ3n) is 5.44. The van der Waals surface area contributed by atoms with Crippen molar-refractivity contribution in [2.24, 2.45) is 11.8 Å². The number of hydrogen-bond acceptors (Lipinski definition) is 5. The van der Waals surface area contributed by atoms with Crippen molar-refractivity contribution in [3.05, 3.63) is 30.1 Å². The minimum atomic E-state index is -0.378. The summed E-state index contributed by atoms with van der Waals surface area (Å²) in [6.45, 7) is 5.87. The van der Waals surface area contributed by atoms with E-state index in [-0.39, 0.29) is 23.8 Å². The van der Waals surface area contributed by atoms with Crippen molar-refractivity contribution >= 4 is 11.8 Å². The third kappa shape index (κ3) is 7.74. The molecule has 0 saturated heterocycles. The van der Waals surface area contributed by atoms with E-state index in [1.807, 2.05) is 5.01 Å². The van der Waals surface area contributed by atoms with Crippen molar-refractivity contribution in [1.82, 2.24) is 20.7 Å². The van der Waals surface area contributed by atoms with Gasteiger partial charge in [-0.15, -0.1) is 0 Å². The zero-order valence-electron chi connectivity index (χ0n) is 18.0. The van der Waals surface area contributed by atoms with Crippen LogP contribution in [0, 0.1) is 11.8 Å². The molecule has 2 N–H and O–H groups in total. The Morgan fingerprint density at radius 2 is 1.90 bits per heavy atom. The molecule has 1 aliphatic carbocycles. The molecule has 1 saturated carbocycles. The van der Waals surface area contributed by atoms with Crippen LogP contribution in [-0.4, -0.2) is 54.7 Å². The second-order valence-corrected chi connectivity index (χ2v) is 8.18. The van der Waals surface area contributed by atoms with Crippen LogP contribution < -0.4 is 10.7 Å². The molecular formula is C22H36N4O3. The fourth-order valence-corrected chi connectivity index (χ4v) is 3.80. The average Bonchev–Trinajstić information content (AvgIpc) is 2.73. The van der Waals surface area contributed by atoms with Gasteiger partial charge in [-0.25, -0.2) is 5.01 Å². The topological polar surface area (TPSA) is 83.6 Å². The summed E-state index contributed by atoms with van der Waals surface area (Å²) in [7, 11) is 1.62. The Morgan fingerprint density at radius 3 is 2.52 bits per heavy atom. The van der Waals surface area contributed by atoms with Crippen LogP contribution in [-0.2, 0) is 9.53 Å². The van der Waals surface area contributed by atoms with Crippen LogP contribution >= 0.6 is 0 Å². The number of hydrazine groups is 1. The lowest BCUT2D eigenvalue weighted by molar-refractivity contribution is -0.130. The van der Waals surface area contributed by atoms with Gasteiger partial charge in [-0.05, 0) is 43.2 Å². The maximum Gasteiger partial charge on any atom is 0.265 e. The van der Waals surface area contributed by atoms with Crippen molar-refractivity contribution in [3.63, 3.8) is 0 Å². The number of rotatable bonds is 11. The Hall–Kier alpha value is -1.99. The molecule has 1 aromatic heterocycles. The largest absolute Gasteiger partial charge is 0.383 e. The minimum absolute atomic E-state index is 0.0345. The molecule has 1 heterocycles. The predicted molar refractivity (Wildman–Crippen MR) is 113 cm³/mol. The van der Waals surface area contributed by atoms with Crippen molar-refractivity contribution in [2.75, 3.05) is 26.8 Å². The lowest BCUT2D eigenvalue weighted by atomic mass is 9.83. The second kappa shape index (κ2) is 12.5. The summed E-state index contributed by atoms with van der Waals surface area (Å²) in [5, 5.41) is 4.87. The SMILES string of the molecule is COCCNC(=O)[C@@H](C1CCCCC1)N(CCC(C)C)NC(=O)c1ccncc1. The minimum Gasteiger partial charge on any atom is -0.383 e. The summed E-state index contributed by atoms with van der Waals surface area (Å²) in [6.07, 6.45) is 9.57. The highest BCUT2D eigenvalue weighted by Gasteiger charge is 2.35. The van der Waals surface area contributed by atoms with Crippen LogP contribution in [0.2, 0.25) is 0 Å². The van der Waals surface area contributed by atoms with Gasteiger partial charge in [0.25, 0.3) is 5.91 Å². The standard InChI is InChI=1S/C22H36N4O3/c1-17(2)11-15-26(25-21(27)19-9-12-23-13-10-19)20(18-7-5-4-6-8-18)22(28)24-14-16-29-3/h9-10,12-13,17-18,20H,4-8,11,14-16H2,1-3H3,(H,24,28)(H,25,27)/t20-/m1/s1. The molecule has 1 aromatic rings. The number of methoxy groups -OCH3 is 1. The average molecular weight is 405 g/mol. The van der Waals surface area contributed by atoms with E-state index in [4.69, 9.17) is 4.74 Å². The third-order valence-corrected chi connectivity index (χ3v) is 5.44. The van der Waals surface area contributed by atoms with Crippen molar-refractivity contribution < 1.29 is 14.3 Å². The Labute approximate surface area is 174 Å². The molecule has 0 bridgehead atoms. The Bertz CT molecular complexity index is 618. The van der Waals surface area contributed by atoms with Crippen molar-refractivity contribution in [3.8, 4) is 0 Å². The smallest absolute Gasteiger partial charge is 0.265 e. The number of nitrogens with one attached hydrogen (secondary N) is 2. The van der Waals surface area contributed by atoms with Crippen LogP contribution in [0.1, 0.15) is 62.7 Å². The highest BCUT2D eigenvalue weighted by Crippen LogP contribution is 2.29. The quantitative estimate of drug-likeness (QED) is 0.438. The molecule has 2 rings (SSSR count). The molecule has 0 spiro atoms. The van der Waals surface area contributed by atoms with Gasteiger partial charge in [0.2, 0.25) is 5.91 Å². The van der Waals surface area contributed by atoms with E-state index in [2.05, 4.69) is 29.6 Å². The summed E-state index contributed by atoms with van der Waals surface area (Å²) in [5.74, 6) is 0.462. The fourth-order valence-electron chi connectivity index (χ4n) is 3.80. The number of ether oxygens (including phenoxy) is 1. The molecule has 0 aliphatic heterocycles. The highest BCUT2D eigenvalue weighted by atomic mass is 16.5. The molecular weight excluding hydrogens is 368 g/mol. The van der Waals surface area contributed by atoms with Gasteiger partial charge < -0.3 is 10.1 Å². The molecule has 0 radical (unpaired) electrons. The van der Waals surface area contributed by atoms with Gasteiger partial charge in [0.1, 0.15) is 6.04 Å².